The van der Waals surface area contributed by atoms with Gasteiger partial charge >= 0.3 is 33.1 Å². The Morgan fingerprint density at radius 1 is 1.06 bits per heavy atom. The van der Waals surface area contributed by atoms with Crippen molar-refractivity contribution in [1.82, 2.24) is 6.15 Å². The third-order valence-electron chi connectivity index (χ3n) is 0.943. The predicted molar refractivity (Wildman–Crippen MR) is 45.9 cm³/mol. The minimum atomic E-state index is -3.28. The predicted octanol–water partition coefficient (Wildman–Crippen LogP) is -5.73. The molecule has 0 aliphatic carbocycles. The van der Waals surface area contributed by atoms with Crippen molar-refractivity contribution in [2.45, 2.75) is 0 Å². The fourth-order valence-electron chi connectivity index (χ4n) is 0.479. The Morgan fingerprint density at radius 2 is 1.41 bits per heavy atom. The summed E-state index contributed by atoms with van der Waals surface area (Å²) in [7, 11) is 0. The van der Waals surface area contributed by atoms with Crippen molar-refractivity contribution in [3.05, 3.63) is 0 Å². The molecule has 12 nitrogen and oxygen atoms in total. The molecule has 1 heterocycles. The van der Waals surface area contributed by atoms with E-state index in [9.17, 15) is 24.3 Å². The maximum Gasteiger partial charge on any atom is 1.20 e. The molecule has 0 amide bonds. The van der Waals surface area contributed by atoms with Crippen molar-refractivity contribution < 1.29 is 52.1 Å². The largest absolute Gasteiger partial charge is 1.20 e. The monoisotopic (exact) mass is 275 g/mol. The van der Waals surface area contributed by atoms with E-state index < -0.39 is 39.0 Å². The van der Waals surface area contributed by atoms with Gasteiger partial charge in [-0.05, 0) is 0 Å². The second kappa shape index (κ2) is 9.48. The van der Waals surface area contributed by atoms with Gasteiger partial charge in [0.15, 0.2) is 0 Å². The molecule has 1 aliphatic heterocycles. The van der Waals surface area contributed by atoms with Crippen LogP contribution in [0.2, 0.25) is 0 Å². The highest BCUT2D eigenvalue weighted by molar-refractivity contribution is 6.58. The Kier molecular flexibility index (Phi) is 13.6. The lowest BCUT2D eigenvalue weighted by molar-refractivity contribution is -0.302. The zero-order valence-electron chi connectivity index (χ0n) is 8.34. The van der Waals surface area contributed by atoms with Gasteiger partial charge in [0.25, 0.3) is 0 Å². The van der Waals surface area contributed by atoms with Crippen LogP contribution in [-0.4, -0.2) is 55.5 Å². The first kappa shape index (κ1) is 24.5. The number of aliphatic carboxylic acids is 1. The van der Waals surface area contributed by atoms with Crippen molar-refractivity contribution >= 4 is 39.0 Å². The highest BCUT2D eigenvalue weighted by Gasteiger charge is 2.57. The van der Waals surface area contributed by atoms with E-state index in [0.29, 0.717) is 0 Å². The van der Waals surface area contributed by atoms with E-state index in [1.807, 2.05) is 0 Å². The molecule has 1 rings (SSSR count). The third-order valence-corrected chi connectivity index (χ3v) is 2.16. The Labute approximate surface area is 97.9 Å². The Balaban J connectivity index is -0.000000211. The van der Waals surface area contributed by atoms with E-state index in [2.05, 4.69) is 11.4 Å². The van der Waals surface area contributed by atoms with Crippen LogP contribution in [0.15, 0.2) is 0 Å². The molecule has 100 valence electrons. The zero-order valence-corrected chi connectivity index (χ0v) is 9.50. The molecule has 0 spiro atoms. The van der Waals surface area contributed by atoms with Crippen LogP contribution >= 0.6 is 0 Å². The van der Waals surface area contributed by atoms with Gasteiger partial charge in [-0.3, -0.25) is 0 Å². The minimum Gasteiger partial charge on any atom is -0.546 e. The number of quaternary nitrogens is 1. The van der Waals surface area contributed by atoms with Gasteiger partial charge in [0.1, 0.15) is 5.97 Å². The molecule has 1 aliphatic rings. The van der Waals surface area contributed by atoms with Crippen LogP contribution < -0.4 is 11.3 Å². The average molecular weight is 275 g/mol. The molecule has 0 radical (unpaired) electrons. The minimum absolute atomic E-state index is 0. The van der Waals surface area contributed by atoms with Crippen molar-refractivity contribution in [3.63, 3.8) is 0 Å². The van der Waals surface area contributed by atoms with Crippen LogP contribution in [0.4, 0.5) is 0 Å². The summed E-state index contributed by atoms with van der Waals surface area (Å²) in [5, 5.41) is 9.81. The first-order chi connectivity index (χ1) is 6.00. The standard InChI is InChI=1S/2C2H2O4.Al.H3N.3H2O/c2*3-1(4)2(5)6;;;;;/h2*(H,3,4)(H,5,6);;1H3;3*1H2/q;;+3;;;;/p-3. The van der Waals surface area contributed by atoms with Crippen LogP contribution in [0.25, 0.3) is 0 Å². The average Bonchev–Trinajstić information content (AvgIpc) is 2.31. The quantitative estimate of drug-likeness (QED) is 0.355. The number of carbonyl (C=O) groups excluding carboxylic acids is 4. The molecule has 0 atom stereocenters. The lowest BCUT2D eigenvalue weighted by atomic mass is 10.7. The molecule has 0 saturated carbocycles. The van der Waals surface area contributed by atoms with E-state index >= 15 is 0 Å². The number of hydrogen-bond acceptors (Lipinski definition) is 8. The fourth-order valence-corrected chi connectivity index (χ4v) is 1.44. The summed E-state index contributed by atoms with van der Waals surface area (Å²) >= 11 is -3.28. The van der Waals surface area contributed by atoms with E-state index in [4.69, 9.17) is 0 Å². The maximum absolute atomic E-state index is 10.3. The summed E-state index contributed by atoms with van der Waals surface area (Å²) in [6.45, 7) is 0. The van der Waals surface area contributed by atoms with Gasteiger partial charge in [0, 0.05) is 0 Å². The van der Waals surface area contributed by atoms with Crippen LogP contribution in [0.3, 0.4) is 0 Å². The Hall–Kier alpha value is -1.75. The van der Waals surface area contributed by atoms with Gasteiger partial charge in [0.2, 0.25) is 0 Å². The molecule has 17 heavy (non-hydrogen) atoms. The van der Waals surface area contributed by atoms with E-state index in [-0.39, 0.29) is 22.6 Å². The van der Waals surface area contributed by atoms with Crippen molar-refractivity contribution in [2.24, 2.45) is 0 Å². The molecule has 10 N–H and O–H groups in total. The van der Waals surface area contributed by atoms with Gasteiger partial charge in [0.05, 0.1) is 0 Å². The normalized spacial score (nSPS) is 11.4. The van der Waals surface area contributed by atoms with Crippen LogP contribution in [0.5, 0.6) is 0 Å². The molecule has 1 fully saturated rings. The number of rotatable bonds is 1. The Bertz CT molecular complexity index is 286. The molecule has 13 heteroatoms. The molecule has 0 unspecified atom stereocenters. The lowest BCUT2D eigenvalue weighted by Crippen LogP contribution is -2.37. The molecular weight excluding hydrogens is 265 g/mol. The molecule has 1 saturated heterocycles. The summed E-state index contributed by atoms with van der Waals surface area (Å²) in [5.74, 6) is -6.45. The van der Waals surface area contributed by atoms with Crippen LogP contribution in [0, 0.1) is 0 Å². The van der Waals surface area contributed by atoms with Gasteiger partial charge < -0.3 is 43.8 Å². The highest BCUT2D eigenvalue weighted by atomic mass is 27.3. The van der Waals surface area contributed by atoms with Crippen LogP contribution in [-0.2, 0) is 30.5 Å². The van der Waals surface area contributed by atoms with Crippen molar-refractivity contribution in [1.29, 1.82) is 0 Å². The van der Waals surface area contributed by atoms with Gasteiger partial charge in [-0.25, -0.2) is 14.4 Å². The summed E-state index contributed by atoms with van der Waals surface area (Å²) < 4.78 is 12.1. The van der Waals surface area contributed by atoms with E-state index in [1.54, 1.807) is 0 Å². The molecular formula is C4H10AlNO11. The van der Waals surface area contributed by atoms with Crippen molar-refractivity contribution in [2.75, 3.05) is 0 Å². The highest BCUT2D eigenvalue weighted by Crippen LogP contribution is 2.03. The molecule has 0 aromatic carbocycles. The van der Waals surface area contributed by atoms with Gasteiger partial charge in [-0.2, -0.15) is 0 Å². The SMILES string of the molecule is O.O.O.O=C([O-])C(=O)[O][Al]1[O]C(=O)C(=O)[O]1.[NH4+]. The van der Waals surface area contributed by atoms with Gasteiger partial charge in [-0.15, -0.1) is 0 Å². The summed E-state index contributed by atoms with van der Waals surface area (Å²) in [5.41, 5.74) is 0. The topological polar surface area (TPSA) is 250 Å². The van der Waals surface area contributed by atoms with Gasteiger partial charge in [-0.1, -0.05) is 0 Å². The van der Waals surface area contributed by atoms with E-state index in [0.717, 1.165) is 0 Å². The number of carbonyl (C=O) groups is 4. The third kappa shape index (κ3) is 6.42. The first-order valence-electron chi connectivity index (χ1n) is 2.84. The second-order valence-corrected chi connectivity index (χ2v) is 3.08. The lowest BCUT2D eigenvalue weighted by Gasteiger charge is -2.03. The summed E-state index contributed by atoms with van der Waals surface area (Å²) in [6, 6.07) is 0. The number of hydrogen-bond donors (Lipinski definition) is 1. The Morgan fingerprint density at radius 3 is 1.71 bits per heavy atom. The number of carboxylic acid groups (broad SMARTS) is 1. The molecule has 0 bridgehead atoms. The maximum atomic E-state index is 10.3. The molecule has 0 aromatic heterocycles. The number of carboxylic acids is 1. The first-order valence-corrected chi connectivity index (χ1v) is 4.25. The summed E-state index contributed by atoms with van der Waals surface area (Å²) in [4.78, 5) is 40.7. The van der Waals surface area contributed by atoms with E-state index in [1.165, 1.54) is 0 Å². The van der Waals surface area contributed by atoms with Crippen molar-refractivity contribution in [3.8, 4) is 0 Å². The zero-order chi connectivity index (χ0) is 10.0. The summed E-state index contributed by atoms with van der Waals surface area (Å²) in [6.07, 6.45) is 0. The molecule has 0 aromatic rings. The fraction of sp³-hybridized carbons (Fsp3) is 0. The smallest absolute Gasteiger partial charge is 0.546 e. The van der Waals surface area contributed by atoms with Crippen LogP contribution in [0.1, 0.15) is 0 Å². The second-order valence-electron chi connectivity index (χ2n) is 1.79.